The SMILES string of the molecule is CC1CCC(N(C)C(=O)c2cnc3n(c2=O)CCS3)CC1. The zero-order chi connectivity index (χ0) is 15.0. The molecule has 1 aliphatic heterocycles. The maximum absolute atomic E-state index is 12.6. The Morgan fingerprint density at radius 1 is 1.38 bits per heavy atom. The Balaban J connectivity index is 1.81. The molecule has 1 fully saturated rings. The third kappa shape index (κ3) is 2.73. The molecule has 6 heteroatoms. The Bertz CT molecular complexity index is 605. The zero-order valence-electron chi connectivity index (χ0n) is 12.5. The van der Waals surface area contributed by atoms with E-state index in [0.717, 1.165) is 42.5 Å². The van der Waals surface area contributed by atoms with Gasteiger partial charge in [-0.2, -0.15) is 0 Å². The second kappa shape index (κ2) is 5.83. The Morgan fingerprint density at radius 2 is 2.10 bits per heavy atom. The molecular weight excluding hydrogens is 286 g/mol. The highest BCUT2D eigenvalue weighted by molar-refractivity contribution is 7.99. The molecule has 0 aromatic carbocycles. The summed E-state index contributed by atoms with van der Waals surface area (Å²) in [6.45, 7) is 2.91. The van der Waals surface area contributed by atoms with Gasteiger partial charge in [-0.1, -0.05) is 18.7 Å². The summed E-state index contributed by atoms with van der Waals surface area (Å²) in [5.41, 5.74) is 0.0217. The number of hydrogen-bond donors (Lipinski definition) is 0. The molecule has 0 saturated heterocycles. The Labute approximate surface area is 128 Å². The van der Waals surface area contributed by atoms with Crippen molar-refractivity contribution >= 4 is 17.7 Å². The normalized spacial score (nSPS) is 24.7. The van der Waals surface area contributed by atoms with Crippen LogP contribution in [0.25, 0.3) is 0 Å². The molecule has 3 rings (SSSR count). The quantitative estimate of drug-likeness (QED) is 0.784. The number of carbonyl (C=O) groups excluding carboxylic acids is 1. The Hall–Kier alpha value is -1.30. The molecule has 0 spiro atoms. The summed E-state index contributed by atoms with van der Waals surface area (Å²) in [5.74, 6) is 1.42. The first-order chi connectivity index (χ1) is 10.1. The van der Waals surface area contributed by atoms with Gasteiger partial charge in [-0.25, -0.2) is 4.98 Å². The van der Waals surface area contributed by atoms with Crippen LogP contribution in [-0.2, 0) is 6.54 Å². The van der Waals surface area contributed by atoms with Gasteiger partial charge in [-0.3, -0.25) is 14.2 Å². The summed E-state index contributed by atoms with van der Waals surface area (Å²) in [5, 5.41) is 0.727. The molecule has 21 heavy (non-hydrogen) atoms. The predicted octanol–water partition coefficient (Wildman–Crippen LogP) is 2.00. The minimum atomic E-state index is -0.189. The van der Waals surface area contributed by atoms with Crippen LogP contribution in [0.15, 0.2) is 16.1 Å². The third-order valence-electron chi connectivity index (χ3n) is 4.64. The van der Waals surface area contributed by atoms with Crippen LogP contribution < -0.4 is 5.56 Å². The van der Waals surface area contributed by atoms with E-state index in [0.29, 0.717) is 6.54 Å². The van der Waals surface area contributed by atoms with Crippen LogP contribution in [-0.4, -0.2) is 39.2 Å². The molecule has 114 valence electrons. The maximum Gasteiger partial charge on any atom is 0.267 e. The minimum absolute atomic E-state index is 0.181. The molecule has 2 aliphatic rings. The highest BCUT2D eigenvalue weighted by Gasteiger charge is 2.28. The van der Waals surface area contributed by atoms with Gasteiger partial charge in [0.2, 0.25) is 0 Å². The number of nitrogens with zero attached hydrogens (tertiary/aromatic N) is 3. The van der Waals surface area contributed by atoms with Crippen molar-refractivity contribution in [2.45, 2.75) is 50.4 Å². The standard InChI is InChI=1S/C15H21N3O2S/c1-10-3-5-11(6-4-10)17(2)13(19)12-9-16-15-18(14(12)20)7-8-21-15/h9-11H,3-8H2,1-2H3. The van der Waals surface area contributed by atoms with E-state index in [9.17, 15) is 9.59 Å². The molecule has 1 aliphatic carbocycles. The number of hydrogen-bond acceptors (Lipinski definition) is 4. The molecule has 0 radical (unpaired) electrons. The number of thioether (sulfide) groups is 1. The summed E-state index contributed by atoms with van der Waals surface area (Å²) in [6, 6.07) is 0.251. The van der Waals surface area contributed by atoms with E-state index in [-0.39, 0.29) is 23.1 Å². The molecular formula is C15H21N3O2S. The van der Waals surface area contributed by atoms with Gasteiger partial charge in [-0.15, -0.1) is 0 Å². The van der Waals surface area contributed by atoms with Crippen LogP contribution >= 0.6 is 11.8 Å². The number of aromatic nitrogens is 2. The van der Waals surface area contributed by atoms with Crippen LogP contribution in [0.5, 0.6) is 0 Å². The summed E-state index contributed by atoms with van der Waals surface area (Å²) in [4.78, 5) is 31.0. The van der Waals surface area contributed by atoms with E-state index in [1.807, 2.05) is 7.05 Å². The number of fused-ring (bicyclic) bond motifs is 1. The van der Waals surface area contributed by atoms with Gasteiger partial charge in [0.05, 0.1) is 0 Å². The third-order valence-corrected chi connectivity index (χ3v) is 5.61. The average Bonchev–Trinajstić information content (AvgIpc) is 2.96. The monoisotopic (exact) mass is 307 g/mol. The van der Waals surface area contributed by atoms with Crippen LogP contribution in [0.1, 0.15) is 43.0 Å². The van der Waals surface area contributed by atoms with Gasteiger partial charge in [0, 0.05) is 31.6 Å². The second-order valence-electron chi connectivity index (χ2n) is 6.09. The van der Waals surface area contributed by atoms with Crippen molar-refractivity contribution in [1.29, 1.82) is 0 Å². The lowest BCUT2D eigenvalue weighted by Crippen LogP contribution is -2.42. The minimum Gasteiger partial charge on any atom is -0.339 e. The molecule has 0 N–H and O–H groups in total. The van der Waals surface area contributed by atoms with Crippen molar-refractivity contribution in [3.05, 3.63) is 22.1 Å². The molecule has 0 atom stereocenters. The van der Waals surface area contributed by atoms with Gasteiger partial charge < -0.3 is 4.90 Å². The van der Waals surface area contributed by atoms with Crippen molar-refractivity contribution in [2.24, 2.45) is 5.92 Å². The highest BCUT2D eigenvalue weighted by Crippen LogP contribution is 2.27. The Morgan fingerprint density at radius 3 is 2.81 bits per heavy atom. The van der Waals surface area contributed by atoms with Crippen LogP contribution in [0.2, 0.25) is 0 Å². The average molecular weight is 307 g/mol. The largest absolute Gasteiger partial charge is 0.339 e. The van der Waals surface area contributed by atoms with Crippen molar-refractivity contribution in [3.8, 4) is 0 Å². The van der Waals surface area contributed by atoms with Crippen molar-refractivity contribution in [2.75, 3.05) is 12.8 Å². The summed E-state index contributed by atoms with van der Waals surface area (Å²) >= 11 is 1.57. The smallest absolute Gasteiger partial charge is 0.267 e. The van der Waals surface area contributed by atoms with Crippen LogP contribution in [0.4, 0.5) is 0 Å². The van der Waals surface area contributed by atoms with Crippen molar-refractivity contribution < 1.29 is 4.79 Å². The fraction of sp³-hybridized carbons (Fsp3) is 0.667. The molecule has 2 heterocycles. The lowest BCUT2D eigenvalue weighted by molar-refractivity contribution is 0.0676. The van der Waals surface area contributed by atoms with Crippen LogP contribution in [0, 0.1) is 5.92 Å². The lowest BCUT2D eigenvalue weighted by atomic mass is 9.86. The topological polar surface area (TPSA) is 55.2 Å². The molecule has 1 aromatic rings. The lowest BCUT2D eigenvalue weighted by Gasteiger charge is -2.33. The van der Waals surface area contributed by atoms with Crippen molar-refractivity contribution in [1.82, 2.24) is 14.5 Å². The number of amides is 1. The molecule has 5 nitrogen and oxygen atoms in total. The number of carbonyl (C=O) groups is 1. The van der Waals surface area contributed by atoms with Gasteiger partial charge >= 0.3 is 0 Å². The fourth-order valence-corrected chi connectivity index (χ4v) is 4.06. The van der Waals surface area contributed by atoms with Gasteiger partial charge in [-0.05, 0) is 31.6 Å². The molecule has 1 amide bonds. The molecule has 1 saturated carbocycles. The van der Waals surface area contributed by atoms with Gasteiger partial charge in [0.1, 0.15) is 5.56 Å². The van der Waals surface area contributed by atoms with Gasteiger partial charge in [0.25, 0.3) is 11.5 Å². The molecule has 0 unspecified atom stereocenters. The van der Waals surface area contributed by atoms with Crippen molar-refractivity contribution in [3.63, 3.8) is 0 Å². The van der Waals surface area contributed by atoms with Crippen LogP contribution in [0.3, 0.4) is 0 Å². The van der Waals surface area contributed by atoms with Gasteiger partial charge in [0.15, 0.2) is 5.16 Å². The fourth-order valence-electron chi connectivity index (χ4n) is 3.15. The van der Waals surface area contributed by atoms with E-state index in [1.54, 1.807) is 21.2 Å². The van der Waals surface area contributed by atoms with E-state index >= 15 is 0 Å². The first kappa shape index (κ1) is 14.6. The predicted molar refractivity (Wildman–Crippen MR) is 82.7 cm³/mol. The first-order valence-corrected chi connectivity index (χ1v) is 8.56. The highest BCUT2D eigenvalue weighted by atomic mass is 32.2. The summed E-state index contributed by atoms with van der Waals surface area (Å²) in [6.07, 6.45) is 5.81. The molecule has 1 aromatic heterocycles. The molecule has 0 bridgehead atoms. The second-order valence-corrected chi connectivity index (χ2v) is 7.15. The number of rotatable bonds is 2. The zero-order valence-corrected chi connectivity index (χ0v) is 13.4. The Kier molecular flexibility index (Phi) is 4.06. The van der Waals surface area contributed by atoms with E-state index < -0.39 is 0 Å². The van der Waals surface area contributed by atoms with E-state index in [1.165, 1.54) is 6.20 Å². The van der Waals surface area contributed by atoms with E-state index in [4.69, 9.17) is 0 Å². The van der Waals surface area contributed by atoms with E-state index in [2.05, 4.69) is 11.9 Å². The first-order valence-electron chi connectivity index (χ1n) is 7.57. The maximum atomic E-state index is 12.6. The summed E-state index contributed by atoms with van der Waals surface area (Å²) < 4.78 is 1.62. The summed E-state index contributed by atoms with van der Waals surface area (Å²) in [7, 11) is 1.81.